The zero-order valence-electron chi connectivity index (χ0n) is 17.8. The third kappa shape index (κ3) is 7.63. The maximum Gasteiger partial charge on any atom is 0.244 e. The first-order valence-electron chi connectivity index (χ1n) is 9.98. The molecular weight excluding hydrogens is 517 g/mol. The number of aromatic nitrogens is 3. The predicted molar refractivity (Wildman–Crippen MR) is 138 cm³/mol. The first-order chi connectivity index (χ1) is 16.4. The quantitative estimate of drug-likeness (QED) is 0.203. The van der Waals surface area contributed by atoms with Gasteiger partial charge >= 0.3 is 0 Å². The molecule has 11 heteroatoms. The summed E-state index contributed by atoms with van der Waals surface area (Å²) in [4.78, 5) is 24.6. The minimum atomic E-state index is -0.304. The molecule has 3 aromatic rings. The number of thioether (sulfide) groups is 1. The number of anilines is 1. The van der Waals surface area contributed by atoms with Crippen molar-refractivity contribution in [2.45, 2.75) is 18.2 Å². The van der Waals surface area contributed by atoms with Crippen molar-refractivity contribution in [2.75, 3.05) is 11.1 Å². The van der Waals surface area contributed by atoms with Crippen molar-refractivity contribution in [3.8, 4) is 0 Å². The van der Waals surface area contributed by atoms with E-state index >= 15 is 0 Å². The summed E-state index contributed by atoms with van der Waals surface area (Å²) in [5.74, 6) is 0.0635. The fraction of sp³-hybridized carbons (Fsp3) is 0.130. The van der Waals surface area contributed by atoms with Gasteiger partial charge in [-0.25, -0.2) is 0 Å². The molecule has 0 radical (unpaired) electrons. The van der Waals surface area contributed by atoms with Gasteiger partial charge in [-0.1, -0.05) is 70.8 Å². The van der Waals surface area contributed by atoms with Crippen LogP contribution in [0.15, 0.2) is 66.4 Å². The average Bonchev–Trinajstić information content (AvgIpc) is 3.17. The molecule has 2 aromatic carbocycles. The van der Waals surface area contributed by atoms with Gasteiger partial charge in [0.1, 0.15) is 0 Å². The van der Waals surface area contributed by atoms with Crippen LogP contribution in [0, 0.1) is 0 Å². The molecule has 0 saturated carbocycles. The Morgan fingerprint density at radius 2 is 1.82 bits per heavy atom. The minimum Gasteiger partial charge on any atom is -0.345 e. The van der Waals surface area contributed by atoms with Gasteiger partial charge in [-0.15, -0.1) is 16.8 Å². The summed E-state index contributed by atoms with van der Waals surface area (Å²) < 4.78 is 1.78. The van der Waals surface area contributed by atoms with E-state index in [0.29, 0.717) is 38.3 Å². The molecule has 176 valence electrons. The topological polar surface area (TPSA) is 88.9 Å². The van der Waals surface area contributed by atoms with Crippen LogP contribution in [0.4, 0.5) is 5.69 Å². The summed E-state index contributed by atoms with van der Waals surface area (Å²) >= 11 is 19.2. The lowest BCUT2D eigenvalue weighted by Crippen LogP contribution is -2.23. The smallest absolute Gasteiger partial charge is 0.244 e. The Morgan fingerprint density at radius 3 is 2.53 bits per heavy atom. The molecule has 2 N–H and O–H groups in total. The molecule has 0 spiro atoms. The highest BCUT2D eigenvalue weighted by Gasteiger charge is 2.14. The van der Waals surface area contributed by atoms with E-state index in [-0.39, 0.29) is 24.1 Å². The fourth-order valence-corrected chi connectivity index (χ4v) is 4.31. The summed E-state index contributed by atoms with van der Waals surface area (Å²) in [5, 5.41) is 15.7. The summed E-state index contributed by atoms with van der Waals surface area (Å²) in [6, 6.07) is 12.0. The Kier molecular flexibility index (Phi) is 9.59. The summed E-state index contributed by atoms with van der Waals surface area (Å²) in [7, 11) is 0. The number of rotatable bonds is 10. The number of benzene rings is 2. The van der Waals surface area contributed by atoms with Crippen molar-refractivity contribution < 1.29 is 9.59 Å². The van der Waals surface area contributed by atoms with Crippen LogP contribution in [-0.4, -0.2) is 32.3 Å². The average molecular weight is 537 g/mol. The molecule has 0 saturated heterocycles. The molecule has 1 heterocycles. The standard InChI is InChI=1S/C23H20Cl3N5O2S/c1-2-9-31-20(13-27-21(32)8-7-15-5-3-4-6-19(15)26)29-30-23(31)34-14-22(33)28-18-11-16(24)10-17(25)12-18/h2-8,10-12H,1,9,13-14H2,(H,27,32)(H,28,33)/b8-7+. The number of halogens is 3. The lowest BCUT2D eigenvalue weighted by atomic mass is 10.2. The van der Waals surface area contributed by atoms with Gasteiger partial charge in [-0.05, 0) is 35.9 Å². The zero-order chi connectivity index (χ0) is 24.5. The van der Waals surface area contributed by atoms with E-state index in [1.807, 2.05) is 18.2 Å². The lowest BCUT2D eigenvalue weighted by molar-refractivity contribution is -0.116. The Hall–Kier alpha value is -2.78. The van der Waals surface area contributed by atoms with Crippen molar-refractivity contribution in [3.63, 3.8) is 0 Å². The van der Waals surface area contributed by atoms with Crippen molar-refractivity contribution in [1.82, 2.24) is 20.1 Å². The van der Waals surface area contributed by atoms with Crippen LogP contribution < -0.4 is 10.6 Å². The third-order valence-corrected chi connectivity index (χ3v) is 6.07. The van der Waals surface area contributed by atoms with Gasteiger partial charge in [-0.3, -0.25) is 9.59 Å². The molecule has 0 fully saturated rings. The Bertz CT molecular complexity index is 1210. The number of nitrogens with one attached hydrogen (secondary N) is 2. The molecule has 0 bridgehead atoms. The number of amides is 2. The van der Waals surface area contributed by atoms with Crippen LogP contribution in [-0.2, 0) is 22.7 Å². The molecule has 0 unspecified atom stereocenters. The highest BCUT2D eigenvalue weighted by atomic mass is 35.5. The van der Waals surface area contributed by atoms with Crippen molar-refractivity contribution in [3.05, 3.63) is 87.7 Å². The normalized spacial score (nSPS) is 10.9. The van der Waals surface area contributed by atoms with Crippen LogP contribution in [0.2, 0.25) is 15.1 Å². The van der Waals surface area contributed by atoms with Gasteiger partial charge in [0.15, 0.2) is 11.0 Å². The van der Waals surface area contributed by atoms with Crippen LogP contribution >= 0.6 is 46.6 Å². The van der Waals surface area contributed by atoms with Crippen LogP contribution in [0.5, 0.6) is 0 Å². The Morgan fingerprint density at radius 1 is 1.09 bits per heavy atom. The molecule has 3 rings (SSSR count). The van der Waals surface area contributed by atoms with E-state index in [0.717, 1.165) is 5.56 Å². The minimum absolute atomic E-state index is 0.0896. The maximum absolute atomic E-state index is 12.3. The van der Waals surface area contributed by atoms with Gasteiger partial charge in [0, 0.05) is 33.4 Å². The molecule has 0 atom stereocenters. The second-order valence-electron chi connectivity index (χ2n) is 6.87. The maximum atomic E-state index is 12.3. The molecule has 34 heavy (non-hydrogen) atoms. The number of carbonyl (C=O) groups is 2. The first kappa shape index (κ1) is 25.8. The van der Waals surface area contributed by atoms with Gasteiger partial charge in [0.25, 0.3) is 0 Å². The molecule has 2 amide bonds. The van der Waals surface area contributed by atoms with Crippen LogP contribution in [0.25, 0.3) is 6.08 Å². The van der Waals surface area contributed by atoms with Crippen molar-refractivity contribution in [1.29, 1.82) is 0 Å². The number of hydrogen-bond acceptors (Lipinski definition) is 5. The fourth-order valence-electron chi connectivity index (χ4n) is 2.82. The summed E-state index contributed by atoms with van der Waals surface area (Å²) in [6.45, 7) is 4.32. The molecule has 0 aliphatic carbocycles. The Balaban J connectivity index is 1.58. The zero-order valence-corrected chi connectivity index (χ0v) is 20.9. The number of carbonyl (C=O) groups excluding carboxylic acids is 2. The highest BCUT2D eigenvalue weighted by molar-refractivity contribution is 7.99. The van der Waals surface area contributed by atoms with Gasteiger partial charge in [-0.2, -0.15) is 0 Å². The number of hydrogen-bond donors (Lipinski definition) is 2. The SMILES string of the molecule is C=CCn1c(CNC(=O)/C=C/c2ccccc2Cl)nnc1SCC(=O)Nc1cc(Cl)cc(Cl)c1. The second kappa shape index (κ2) is 12.6. The van der Waals surface area contributed by atoms with E-state index in [1.54, 1.807) is 41.0 Å². The second-order valence-corrected chi connectivity index (χ2v) is 9.09. The largest absolute Gasteiger partial charge is 0.345 e. The van der Waals surface area contributed by atoms with Gasteiger partial charge in [0.05, 0.1) is 12.3 Å². The number of allylic oxidation sites excluding steroid dienone is 1. The highest BCUT2D eigenvalue weighted by Crippen LogP contribution is 2.23. The molecular formula is C23H20Cl3N5O2S. The molecule has 7 nitrogen and oxygen atoms in total. The third-order valence-electron chi connectivity index (χ3n) is 4.32. The van der Waals surface area contributed by atoms with E-state index in [4.69, 9.17) is 34.8 Å². The predicted octanol–water partition coefficient (Wildman–Crippen LogP) is 5.48. The van der Waals surface area contributed by atoms with Crippen LogP contribution in [0.1, 0.15) is 11.4 Å². The lowest BCUT2D eigenvalue weighted by Gasteiger charge is -2.09. The van der Waals surface area contributed by atoms with E-state index in [1.165, 1.54) is 17.8 Å². The van der Waals surface area contributed by atoms with Crippen molar-refractivity contribution in [2.24, 2.45) is 0 Å². The van der Waals surface area contributed by atoms with Gasteiger partial charge < -0.3 is 15.2 Å². The molecule has 1 aromatic heterocycles. The number of nitrogens with zero attached hydrogens (tertiary/aromatic N) is 3. The summed E-state index contributed by atoms with van der Waals surface area (Å²) in [6.07, 6.45) is 4.72. The monoisotopic (exact) mass is 535 g/mol. The van der Waals surface area contributed by atoms with Gasteiger partial charge in [0.2, 0.25) is 11.8 Å². The first-order valence-corrected chi connectivity index (χ1v) is 12.1. The molecule has 0 aliphatic rings. The van der Waals surface area contributed by atoms with E-state index in [2.05, 4.69) is 27.4 Å². The summed E-state index contributed by atoms with van der Waals surface area (Å²) in [5.41, 5.74) is 1.25. The van der Waals surface area contributed by atoms with Crippen LogP contribution in [0.3, 0.4) is 0 Å². The van der Waals surface area contributed by atoms with E-state index in [9.17, 15) is 9.59 Å². The molecule has 0 aliphatic heterocycles. The van der Waals surface area contributed by atoms with E-state index < -0.39 is 0 Å². The van der Waals surface area contributed by atoms with Crippen molar-refractivity contribution >= 4 is 70.1 Å². The Labute approximate surface area is 216 Å².